The standard InChI is InChI=1S/2C.N.Si. The van der Waals surface area contributed by atoms with E-state index in [2.05, 4.69) is 0 Å². The van der Waals surface area contributed by atoms with E-state index in [1.807, 2.05) is 0 Å². The lowest BCUT2D eigenvalue weighted by Crippen LogP contribution is -0.481. The number of hydrogen-bond acceptors (Lipinski definition) is 0. The van der Waals surface area contributed by atoms with Gasteiger partial charge in [0.15, 0.2) is 0 Å². The molecular formula is C2NSi. The van der Waals surface area contributed by atoms with E-state index < -0.39 is 0 Å². The third-order valence-electron chi connectivity index (χ3n) is 0. The molecule has 0 spiro atoms. The van der Waals surface area contributed by atoms with Crippen molar-refractivity contribution >= 4 is 11.0 Å². The first-order valence-electron chi connectivity index (χ1n) is 0. The van der Waals surface area contributed by atoms with Crippen LogP contribution in [-0.4, -0.2) is 11.0 Å². The smallest absolute Gasteiger partial charge is 0 e. The molecule has 0 saturated heterocycles. The molecular weight excluding hydrogens is 66.1 g/mol. The van der Waals surface area contributed by atoms with Gasteiger partial charge in [-0.1, -0.05) is 0 Å². The van der Waals surface area contributed by atoms with Crippen molar-refractivity contribution in [2.75, 3.05) is 0 Å². The van der Waals surface area contributed by atoms with Gasteiger partial charge < -0.3 is 0 Å². The third-order valence-corrected chi connectivity index (χ3v) is 0. The lowest BCUT2D eigenvalue weighted by molar-refractivity contribution is 2.13. The summed E-state index contributed by atoms with van der Waals surface area (Å²) in [6.45, 7) is 0. The van der Waals surface area contributed by atoms with Crippen molar-refractivity contribution in [2.45, 2.75) is 0 Å². The molecule has 1 nitrogen and oxygen atoms in total. The molecule has 0 saturated carbocycles. The minimum Gasteiger partial charge on any atom is 0 e. The topological polar surface area (TPSA) is 30.5 Å². The molecule has 17 valence electrons. The molecule has 0 aromatic heterocycles. The van der Waals surface area contributed by atoms with Crippen LogP contribution in [0.3, 0.4) is 0 Å². The van der Waals surface area contributed by atoms with Gasteiger partial charge in [0.2, 0.25) is 0 Å². The Bertz CT molecular complexity index is 6.00. The van der Waals surface area contributed by atoms with Gasteiger partial charge in [-0.05, 0) is 0 Å². The number of nitrogens with zero attached hydrogens (tertiary/aromatic N) is 1. The van der Waals surface area contributed by atoms with E-state index in [0.29, 0.717) is 0 Å². The van der Waals surface area contributed by atoms with Crippen molar-refractivity contribution in [3.8, 4) is 0 Å². The quantitative estimate of drug-likeness (QED) is 0.335. The molecule has 0 amide bonds. The Kier molecular flexibility index (Phi) is 162000. The third kappa shape index (κ3) is 96.4. The second-order valence-corrected chi connectivity index (χ2v) is 0. The van der Waals surface area contributed by atoms with Gasteiger partial charge in [0.25, 0.3) is 0 Å². The van der Waals surface area contributed by atoms with Crippen molar-refractivity contribution in [2.24, 2.45) is 0 Å². The fraction of sp³-hybridized carbons (Fsp3) is 0. The number of hydrogen-bond donors (Lipinski definition) is 0. The summed E-state index contributed by atoms with van der Waals surface area (Å²) in [5.74, 6) is 0. The normalized spacial score (nSPS) is 0. The predicted molar refractivity (Wildman–Crippen MR) is 14.4 cm³/mol. The van der Waals surface area contributed by atoms with E-state index in [1.54, 1.807) is 0 Å². The van der Waals surface area contributed by atoms with E-state index in [4.69, 9.17) is 0 Å². The zero-order chi connectivity index (χ0) is 0. The van der Waals surface area contributed by atoms with Gasteiger partial charge in [-0.15, -0.1) is 0 Å². The Morgan fingerprint density at radius 3 is 0.750 bits per heavy atom. The van der Waals surface area contributed by atoms with Crippen LogP contribution in [0.2, 0.25) is 0 Å². The fourth-order valence-electron chi connectivity index (χ4n) is 0. The lowest BCUT2D eigenvalue weighted by atomic mass is 12.0. The zero-order valence-electron chi connectivity index (χ0n) is 1.95. The maximum Gasteiger partial charge on any atom is 0 e. The molecule has 0 aromatic carbocycles. The van der Waals surface area contributed by atoms with E-state index in [9.17, 15) is 0 Å². The summed E-state index contributed by atoms with van der Waals surface area (Å²) in [5.41, 5.74) is 0. The highest BCUT2D eigenvalue weighted by Gasteiger charge is 0.00300. The van der Waals surface area contributed by atoms with Crippen molar-refractivity contribution in [1.29, 1.82) is 0 Å². The molecule has 0 rings (SSSR count). The summed E-state index contributed by atoms with van der Waals surface area (Å²) < 4.78 is 0. The average molecular weight is 66.1 g/mol. The first-order valence-corrected chi connectivity index (χ1v) is 0. The molecule has 0 heterocycles. The van der Waals surface area contributed by atoms with Crippen LogP contribution in [0.1, 0.15) is 0 Å². The molecule has 4 heavy (non-hydrogen) atoms. The van der Waals surface area contributed by atoms with Crippen molar-refractivity contribution in [1.82, 2.24) is 6.15 Å². The average Bonchev–Trinajstić information content (AvgIpc) is 0. The zero-order valence-corrected chi connectivity index (χ0v) is 2.95. The van der Waals surface area contributed by atoms with Crippen molar-refractivity contribution in [3.05, 3.63) is 14.9 Å². The van der Waals surface area contributed by atoms with Crippen LogP contribution < -0.4 is 6.15 Å². The maximum atomic E-state index is 0. The molecule has 0 aromatic rings. The highest BCUT2D eigenvalue weighted by molar-refractivity contribution is 5.75. The minimum absolute atomic E-state index is 0. The van der Waals surface area contributed by atoms with Gasteiger partial charge in [0, 0.05) is 32.0 Å². The first-order chi connectivity index (χ1) is 0. The molecule has 0 aliphatic rings. The van der Waals surface area contributed by atoms with Crippen molar-refractivity contribution < 1.29 is 0 Å². The molecule has 15 radical (unpaired) electrons. The van der Waals surface area contributed by atoms with E-state index in [0.717, 1.165) is 0 Å². The van der Waals surface area contributed by atoms with Gasteiger partial charge in [-0.2, -0.15) is 0 Å². The van der Waals surface area contributed by atoms with Crippen LogP contribution in [0.5, 0.6) is 0 Å². The Morgan fingerprint density at radius 2 is 0.750 bits per heavy atom. The Morgan fingerprint density at radius 1 is 0.750 bits per heavy atom. The van der Waals surface area contributed by atoms with Gasteiger partial charge in [-0.3, -0.25) is 0 Å². The first kappa shape index (κ1) is 1350. The van der Waals surface area contributed by atoms with E-state index in [-0.39, 0.29) is 32.0 Å². The minimum atomic E-state index is 0. The SMILES string of the molecule is [C].[C].[N].[Si]. The Balaban J connectivity index is 0. The second kappa shape index (κ2) is 481. The summed E-state index contributed by atoms with van der Waals surface area (Å²) in [7, 11) is 0. The van der Waals surface area contributed by atoms with Crippen LogP contribution in [0, 0.1) is 14.9 Å². The van der Waals surface area contributed by atoms with Crippen LogP contribution >= 0.6 is 0 Å². The van der Waals surface area contributed by atoms with Crippen LogP contribution in [0.15, 0.2) is 0 Å². The molecule has 0 atom stereocenters. The molecule has 0 aliphatic carbocycles. The van der Waals surface area contributed by atoms with Crippen LogP contribution in [-0.2, 0) is 0 Å². The highest BCUT2D eigenvalue weighted by atomic mass is 28.1. The van der Waals surface area contributed by atoms with Gasteiger partial charge >= 0.3 is 0 Å². The van der Waals surface area contributed by atoms with Gasteiger partial charge in [0.1, 0.15) is 0 Å². The second-order valence-electron chi connectivity index (χ2n) is 0. The van der Waals surface area contributed by atoms with Crippen LogP contribution in [0.25, 0.3) is 0 Å². The highest BCUT2D eigenvalue weighted by Crippen LogP contribution is 0.0823. The monoisotopic (exact) mass is 66.0 g/mol. The lowest BCUT2D eigenvalue weighted by Gasteiger charge is -0.00100. The molecule has 0 fully saturated rings. The Labute approximate surface area is 33.0 Å². The van der Waals surface area contributed by atoms with E-state index in [1.165, 1.54) is 0 Å². The largest absolute Gasteiger partial charge is 0 e. The fourth-order valence-corrected chi connectivity index (χ4v) is 0. The summed E-state index contributed by atoms with van der Waals surface area (Å²) in [4.78, 5) is 0. The molecule has 2 heteroatoms. The summed E-state index contributed by atoms with van der Waals surface area (Å²) in [6, 6.07) is 0. The predicted octanol–water partition coefficient (Wildman–Crippen LogP) is -0.699. The molecule has 0 bridgehead atoms. The van der Waals surface area contributed by atoms with Crippen molar-refractivity contribution in [3.63, 3.8) is 0 Å². The van der Waals surface area contributed by atoms with E-state index >= 15 is 0 Å². The number of rotatable bonds is 0. The Hall–Kier alpha value is 0.177. The molecule has 0 unspecified atom stereocenters. The van der Waals surface area contributed by atoms with Gasteiger partial charge in [0.05, 0.1) is 0 Å². The van der Waals surface area contributed by atoms with Crippen LogP contribution in [0.4, 0.5) is 0 Å². The maximum absolute atomic E-state index is 0. The summed E-state index contributed by atoms with van der Waals surface area (Å²) >= 11 is 0. The van der Waals surface area contributed by atoms with Gasteiger partial charge in [-0.25, -0.2) is 0 Å². The summed E-state index contributed by atoms with van der Waals surface area (Å²) in [5, 5.41) is 0. The summed E-state index contributed by atoms with van der Waals surface area (Å²) in [6.07, 6.45) is 0. The molecule has 0 aliphatic heterocycles. The molecule has 0 N–H and O–H groups in total.